The van der Waals surface area contributed by atoms with Crippen LogP contribution in [0.15, 0.2) is 54.6 Å². The first kappa shape index (κ1) is 16.2. The molecule has 4 nitrogen and oxygen atoms in total. The van der Waals surface area contributed by atoms with E-state index in [1.807, 2.05) is 30.3 Å². The Hall–Kier alpha value is -2.17. The first-order valence-corrected chi connectivity index (χ1v) is 7.19. The standard InChI is InChI=1S/C18H21NO3/c1-21-13-17(15-6-4-3-5-7-15)19-12-14-8-10-16(11-9-14)18(20)22-2/h3-11,17,19H,12-13H2,1-2H3/t17-/m0/s1. The zero-order valence-electron chi connectivity index (χ0n) is 12.9. The van der Waals surface area contributed by atoms with Crippen LogP contribution in [0.1, 0.15) is 27.5 Å². The Bertz CT molecular complexity index is 581. The lowest BCUT2D eigenvalue weighted by molar-refractivity contribution is 0.0600. The summed E-state index contributed by atoms with van der Waals surface area (Å²) in [6.07, 6.45) is 0. The van der Waals surface area contributed by atoms with Crippen LogP contribution in [-0.4, -0.2) is 26.8 Å². The van der Waals surface area contributed by atoms with Gasteiger partial charge in [0, 0.05) is 13.7 Å². The summed E-state index contributed by atoms with van der Waals surface area (Å²) in [5.74, 6) is -0.318. The van der Waals surface area contributed by atoms with E-state index in [0.29, 0.717) is 18.7 Å². The number of hydrogen-bond acceptors (Lipinski definition) is 4. The molecule has 0 amide bonds. The molecule has 0 heterocycles. The SMILES string of the molecule is COC[C@H](NCc1ccc(C(=O)OC)cc1)c1ccccc1. The van der Waals surface area contributed by atoms with Gasteiger partial charge in [-0.2, -0.15) is 0 Å². The number of carbonyl (C=O) groups excluding carboxylic acids is 1. The third-order valence-corrected chi connectivity index (χ3v) is 3.46. The Balaban J connectivity index is 1.99. The molecule has 0 aliphatic heterocycles. The van der Waals surface area contributed by atoms with Crippen molar-refractivity contribution in [3.8, 4) is 0 Å². The summed E-state index contributed by atoms with van der Waals surface area (Å²) in [6, 6.07) is 17.7. The zero-order chi connectivity index (χ0) is 15.8. The van der Waals surface area contributed by atoms with E-state index in [2.05, 4.69) is 17.4 Å². The van der Waals surface area contributed by atoms with Gasteiger partial charge in [-0.15, -0.1) is 0 Å². The van der Waals surface area contributed by atoms with Gasteiger partial charge in [-0.25, -0.2) is 4.79 Å². The maximum Gasteiger partial charge on any atom is 0.337 e. The molecule has 2 aromatic carbocycles. The molecule has 0 radical (unpaired) electrons. The second-order valence-corrected chi connectivity index (χ2v) is 4.99. The monoisotopic (exact) mass is 299 g/mol. The van der Waals surface area contributed by atoms with Crippen molar-refractivity contribution in [2.45, 2.75) is 12.6 Å². The minimum absolute atomic E-state index is 0.131. The maximum absolute atomic E-state index is 11.4. The van der Waals surface area contributed by atoms with Gasteiger partial charge in [0.1, 0.15) is 0 Å². The van der Waals surface area contributed by atoms with Crippen LogP contribution in [0.2, 0.25) is 0 Å². The molecular formula is C18H21NO3. The van der Waals surface area contributed by atoms with Gasteiger partial charge in [0.25, 0.3) is 0 Å². The van der Waals surface area contributed by atoms with Crippen LogP contribution in [0, 0.1) is 0 Å². The number of ether oxygens (including phenoxy) is 2. The highest BCUT2D eigenvalue weighted by molar-refractivity contribution is 5.89. The van der Waals surface area contributed by atoms with Crippen molar-refractivity contribution in [1.82, 2.24) is 5.32 Å². The Labute approximate surface area is 131 Å². The molecule has 4 heteroatoms. The summed E-state index contributed by atoms with van der Waals surface area (Å²) < 4.78 is 9.98. The number of benzene rings is 2. The van der Waals surface area contributed by atoms with Gasteiger partial charge in [-0.3, -0.25) is 0 Å². The van der Waals surface area contributed by atoms with Crippen molar-refractivity contribution in [3.05, 3.63) is 71.3 Å². The molecule has 22 heavy (non-hydrogen) atoms. The number of nitrogens with one attached hydrogen (secondary N) is 1. The highest BCUT2D eigenvalue weighted by atomic mass is 16.5. The Morgan fingerprint density at radius 3 is 2.32 bits per heavy atom. The summed E-state index contributed by atoms with van der Waals surface area (Å²) >= 11 is 0. The van der Waals surface area contributed by atoms with Gasteiger partial charge in [0.2, 0.25) is 0 Å². The van der Waals surface area contributed by atoms with Gasteiger partial charge >= 0.3 is 5.97 Å². The van der Waals surface area contributed by atoms with E-state index >= 15 is 0 Å². The molecule has 2 aromatic rings. The fourth-order valence-electron chi connectivity index (χ4n) is 2.24. The number of carbonyl (C=O) groups is 1. The zero-order valence-corrected chi connectivity index (χ0v) is 12.9. The first-order valence-electron chi connectivity index (χ1n) is 7.19. The van der Waals surface area contributed by atoms with Crippen molar-refractivity contribution < 1.29 is 14.3 Å². The Morgan fingerprint density at radius 2 is 1.73 bits per heavy atom. The summed E-state index contributed by atoms with van der Waals surface area (Å²) in [5, 5.41) is 3.47. The van der Waals surface area contributed by atoms with Crippen LogP contribution < -0.4 is 5.32 Å². The topological polar surface area (TPSA) is 47.6 Å². The Morgan fingerprint density at radius 1 is 1.05 bits per heavy atom. The van der Waals surface area contributed by atoms with Crippen LogP contribution in [0.3, 0.4) is 0 Å². The highest BCUT2D eigenvalue weighted by Crippen LogP contribution is 2.14. The molecule has 0 spiro atoms. The van der Waals surface area contributed by atoms with Gasteiger partial charge in [-0.1, -0.05) is 42.5 Å². The van der Waals surface area contributed by atoms with Gasteiger partial charge in [0.05, 0.1) is 25.3 Å². The lowest BCUT2D eigenvalue weighted by atomic mass is 10.1. The molecule has 0 saturated heterocycles. The van der Waals surface area contributed by atoms with E-state index < -0.39 is 0 Å². The second kappa shape index (κ2) is 8.32. The minimum Gasteiger partial charge on any atom is -0.465 e. The molecule has 2 rings (SSSR count). The molecular weight excluding hydrogens is 278 g/mol. The van der Waals surface area contributed by atoms with Crippen LogP contribution in [0.4, 0.5) is 0 Å². The van der Waals surface area contributed by atoms with Crippen molar-refractivity contribution in [3.63, 3.8) is 0 Å². The van der Waals surface area contributed by atoms with E-state index in [4.69, 9.17) is 9.47 Å². The number of esters is 1. The fraction of sp³-hybridized carbons (Fsp3) is 0.278. The second-order valence-electron chi connectivity index (χ2n) is 4.99. The van der Waals surface area contributed by atoms with Gasteiger partial charge < -0.3 is 14.8 Å². The van der Waals surface area contributed by atoms with E-state index in [1.165, 1.54) is 12.7 Å². The molecule has 0 fully saturated rings. The molecule has 1 N–H and O–H groups in total. The van der Waals surface area contributed by atoms with Crippen LogP contribution >= 0.6 is 0 Å². The molecule has 1 atom stereocenters. The summed E-state index contributed by atoms with van der Waals surface area (Å²) in [6.45, 7) is 1.30. The van der Waals surface area contributed by atoms with Crippen molar-refractivity contribution >= 4 is 5.97 Å². The molecule has 0 unspecified atom stereocenters. The summed E-state index contributed by atoms with van der Waals surface area (Å²) in [4.78, 5) is 11.4. The number of hydrogen-bond donors (Lipinski definition) is 1. The van der Waals surface area contributed by atoms with Crippen LogP contribution in [0.5, 0.6) is 0 Å². The molecule has 0 aliphatic rings. The summed E-state index contributed by atoms with van der Waals surface area (Å²) in [5.41, 5.74) is 2.85. The largest absolute Gasteiger partial charge is 0.465 e. The number of rotatable bonds is 7. The van der Waals surface area contributed by atoms with Gasteiger partial charge in [0.15, 0.2) is 0 Å². The fourth-order valence-corrected chi connectivity index (χ4v) is 2.24. The third-order valence-electron chi connectivity index (χ3n) is 3.46. The average Bonchev–Trinajstić information content (AvgIpc) is 2.59. The molecule has 116 valence electrons. The average molecular weight is 299 g/mol. The van der Waals surface area contributed by atoms with Crippen molar-refractivity contribution in [2.75, 3.05) is 20.8 Å². The lowest BCUT2D eigenvalue weighted by Gasteiger charge is -2.18. The van der Waals surface area contributed by atoms with Crippen LogP contribution in [0.25, 0.3) is 0 Å². The molecule has 0 saturated carbocycles. The first-order chi connectivity index (χ1) is 10.7. The van der Waals surface area contributed by atoms with E-state index in [1.54, 1.807) is 19.2 Å². The van der Waals surface area contributed by atoms with Crippen molar-refractivity contribution in [2.24, 2.45) is 0 Å². The van der Waals surface area contributed by atoms with Crippen molar-refractivity contribution in [1.29, 1.82) is 0 Å². The minimum atomic E-state index is -0.318. The van der Waals surface area contributed by atoms with Crippen LogP contribution in [-0.2, 0) is 16.0 Å². The highest BCUT2D eigenvalue weighted by Gasteiger charge is 2.10. The third kappa shape index (κ3) is 4.41. The molecule has 0 aliphatic carbocycles. The quantitative estimate of drug-likeness (QED) is 0.799. The van der Waals surface area contributed by atoms with E-state index in [-0.39, 0.29) is 12.0 Å². The number of methoxy groups -OCH3 is 2. The van der Waals surface area contributed by atoms with E-state index in [0.717, 1.165) is 5.56 Å². The maximum atomic E-state index is 11.4. The van der Waals surface area contributed by atoms with Gasteiger partial charge in [-0.05, 0) is 23.3 Å². The lowest BCUT2D eigenvalue weighted by Crippen LogP contribution is -2.24. The van der Waals surface area contributed by atoms with E-state index in [9.17, 15) is 4.79 Å². The smallest absolute Gasteiger partial charge is 0.337 e. The molecule has 0 aromatic heterocycles. The predicted molar refractivity (Wildman–Crippen MR) is 85.7 cm³/mol. The Kier molecular flexibility index (Phi) is 6.13. The normalized spacial score (nSPS) is 11.9. The summed E-state index contributed by atoms with van der Waals surface area (Å²) in [7, 11) is 3.08. The molecule has 0 bridgehead atoms. The predicted octanol–water partition coefficient (Wildman–Crippen LogP) is 2.95.